The molecule has 0 saturated heterocycles. The number of aromatic nitrogens is 2. The first kappa shape index (κ1) is 11.8. The Bertz CT molecular complexity index is 447. The molecule has 1 N–H and O–H groups in total. The second-order valence-corrected chi connectivity index (χ2v) is 7.12. The number of hydrogen-bond donors (Lipinski definition) is 1. The maximum Gasteiger partial charge on any atom is 0.116 e. The summed E-state index contributed by atoms with van der Waals surface area (Å²) in [5, 5.41) is 3.19. The van der Waals surface area contributed by atoms with Gasteiger partial charge in [0.15, 0.2) is 0 Å². The minimum atomic E-state index is 0.403. The Morgan fingerprint density at radius 2 is 1.74 bits per heavy atom. The molecular weight excluding hydrogens is 234 g/mol. The summed E-state index contributed by atoms with van der Waals surface area (Å²) in [6.45, 7) is 0.849. The van der Waals surface area contributed by atoms with Gasteiger partial charge in [-0.05, 0) is 69.4 Å². The molecule has 0 aliphatic heterocycles. The van der Waals surface area contributed by atoms with Crippen LogP contribution in [0.4, 0.5) is 0 Å². The van der Waals surface area contributed by atoms with E-state index in [1.807, 2.05) is 7.05 Å². The van der Waals surface area contributed by atoms with Crippen LogP contribution in [0, 0.1) is 17.8 Å². The van der Waals surface area contributed by atoms with E-state index in [9.17, 15) is 0 Å². The number of rotatable bonds is 3. The minimum absolute atomic E-state index is 0.403. The molecule has 4 bridgehead atoms. The molecule has 1 aromatic heterocycles. The van der Waals surface area contributed by atoms with E-state index in [0.717, 1.165) is 30.0 Å². The molecule has 3 heteroatoms. The highest BCUT2D eigenvalue weighted by molar-refractivity contribution is 5.24. The molecule has 0 atom stereocenters. The van der Waals surface area contributed by atoms with Crippen LogP contribution >= 0.6 is 0 Å². The van der Waals surface area contributed by atoms with E-state index in [0.29, 0.717) is 5.41 Å². The molecular formula is C16H23N3. The van der Waals surface area contributed by atoms with Crippen molar-refractivity contribution in [3.05, 3.63) is 23.8 Å². The summed E-state index contributed by atoms with van der Waals surface area (Å²) in [6, 6.07) is 2.27. The van der Waals surface area contributed by atoms with Gasteiger partial charge in [-0.1, -0.05) is 0 Å². The average Bonchev–Trinajstić information content (AvgIpc) is 2.38. The summed E-state index contributed by atoms with van der Waals surface area (Å²) >= 11 is 0. The zero-order chi connectivity index (χ0) is 12.9. The molecule has 4 fully saturated rings. The maximum atomic E-state index is 4.67. The van der Waals surface area contributed by atoms with E-state index in [1.165, 1.54) is 44.2 Å². The lowest BCUT2D eigenvalue weighted by Gasteiger charge is -2.56. The standard InChI is InChI=1S/C16H23N3/c1-17-9-14-5-15(19-10-18-14)16-6-11-2-12(7-16)4-13(3-11)8-16/h5,10-13,17H,2-4,6-9H2,1H3. The van der Waals surface area contributed by atoms with Crippen molar-refractivity contribution in [3.63, 3.8) is 0 Å². The molecule has 1 aromatic rings. The summed E-state index contributed by atoms with van der Waals surface area (Å²) < 4.78 is 0. The summed E-state index contributed by atoms with van der Waals surface area (Å²) in [6.07, 6.45) is 10.4. The third kappa shape index (κ3) is 1.90. The lowest BCUT2D eigenvalue weighted by molar-refractivity contribution is -0.00731. The first-order chi connectivity index (χ1) is 9.27. The SMILES string of the molecule is CNCc1cc(C23CC4CC(CC(C4)C2)C3)ncn1. The second-order valence-electron chi connectivity index (χ2n) is 7.12. The van der Waals surface area contributed by atoms with Gasteiger partial charge in [-0.2, -0.15) is 0 Å². The largest absolute Gasteiger partial charge is 0.314 e. The van der Waals surface area contributed by atoms with E-state index < -0.39 is 0 Å². The van der Waals surface area contributed by atoms with E-state index in [1.54, 1.807) is 6.33 Å². The Balaban J connectivity index is 1.69. The van der Waals surface area contributed by atoms with E-state index in [4.69, 9.17) is 0 Å². The average molecular weight is 257 g/mol. The highest BCUT2D eigenvalue weighted by atomic mass is 14.9. The van der Waals surface area contributed by atoms with Gasteiger partial charge in [-0.15, -0.1) is 0 Å². The molecule has 0 spiro atoms. The van der Waals surface area contributed by atoms with Crippen LogP contribution < -0.4 is 5.32 Å². The third-order valence-corrected chi connectivity index (χ3v) is 5.66. The van der Waals surface area contributed by atoms with Crippen molar-refractivity contribution < 1.29 is 0 Å². The third-order valence-electron chi connectivity index (χ3n) is 5.66. The van der Waals surface area contributed by atoms with Gasteiger partial charge >= 0.3 is 0 Å². The van der Waals surface area contributed by atoms with Crippen molar-refractivity contribution in [2.24, 2.45) is 17.8 Å². The van der Waals surface area contributed by atoms with E-state index >= 15 is 0 Å². The van der Waals surface area contributed by atoms with Crippen molar-refractivity contribution in [1.82, 2.24) is 15.3 Å². The van der Waals surface area contributed by atoms with Gasteiger partial charge in [0.25, 0.3) is 0 Å². The number of hydrogen-bond acceptors (Lipinski definition) is 3. The molecule has 5 rings (SSSR count). The molecule has 0 amide bonds. The van der Waals surface area contributed by atoms with Crippen LogP contribution in [0.5, 0.6) is 0 Å². The Hall–Kier alpha value is -0.960. The van der Waals surface area contributed by atoms with E-state index in [2.05, 4.69) is 21.4 Å². The van der Waals surface area contributed by atoms with Gasteiger partial charge in [0.05, 0.1) is 11.4 Å². The molecule has 1 heterocycles. The van der Waals surface area contributed by atoms with Crippen LogP contribution in [0.15, 0.2) is 12.4 Å². The summed E-state index contributed by atoms with van der Waals surface area (Å²) in [4.78, 5) is 9.06. The van der Waals surface area contributed by atoms with Crippen molar-refractivity contribution in [2.45, 2.75) is 50.5 Å². The Morgan fingerprint density at radius 1 is 1.11 bits per heavy atom. The molecule has 3 nitrogen and oxygen atoms in total. The van der Waals surface area contributed by atoms with E-state index in [-0.39, 0.29) is 0 Å². The topological polar surface area (TPSA) is 37.8 Å². The quantitative estimate of drug-likeness (QED) is 0.904. The highest BCUT2D eigenvalue weighted by Crippen LogP contribution is 2.60. The fraction of sp³-hybridized carbons (Fsp3) is 0.750. The molecule has 0 unspecified atom stereocenters. The van der Waals surface area contributed by atoms with Gasteiger partial charge in [0.1, 0.15) is 6.33 Å². The molecule has 0 aromatic carbocycles. The van der Waals surface area contributed by atoms with Crippen molar-refractivity contribution in [3.8, 4) is 0 Å². The molecule has 4 saturated carbocycles. The molecule has 4 aliphatic rings. The monoisotopic (exact) mass is 257 g/mol. The van der Waals surface area contributed by atoms with Crippen LogP contribution in [0.25, 0.3) is 0 Å². The van der Waals surface area contributed by atoms with Crippen molar-refractivity contribution in [2.75, 3.05) is 7.05 Å². The summed E-state index contributed by atoms with van der Waals surface area (Å²) in [5.74, 6) is 2.94. The Kier molecular flexibility index (Phi) is 2.66. The molecule has 4 aliphatic carbocycles. The Labute approximate surface area is 115 Å². The first-order valence-corrected chi connectivity index (χ1v) is 7.73. The van der Waals surface area contributed by atoms with Crippen LogP contribution in [-0.2, 0) is 12.0 Å². The lowest BCUT2D eigenvalue weighted by atomic mass is 9.49. The zero-order valence-electron chi connectivity index (χ0n) is 11.7. The number of nitrogens with zero attached hydrogens (tertiary/aromatic N) is 2. The van der Waals surface area contributed by atoms with Crippen molar-refractivity contribution in [1.29, 1.82) is 0 Å². The summed E-state index contributed by atoms with van der Waals surface area (Å²) in [5.41, 5.74) is 2.88. The first-order valence-electron chi connectivity index (χ1n) is 7.73. The number of nitrogens with one attached hydrogen (secondary N) is 1. The predicted octanol–water partition coefficient (Wildman–Crippen LogP) is 2.66. The minimum Gasteiger partial charge on any atom is -0.314 e. The second kappa shape index (κ2) is 4.27. The lowest BCUT2D eigenvalue weighted by Crippen LogP contribution is -2.49. The highest BCUT2D eigenvalue weighted by Gasteiger charge is 2.52. The smallest absolute Gasteiger partial charge is 0.116 e. The fourth-order valence-electron chi connectivity index (χ4n) is 5.39. The summed E-state index contributed by atoms with van der Waals surface area (Å²) in [7, 11) is 1.98. The van der Waals surface area contributed by atoms with Crippen LogP contribution in [0.2, 0.25) is 0 Å². The molecule has 0 radical (unpaired) electrons. The van der Waals surface area contributed by atoms with Gasteiger partial charge in [0.2, 0.25) is 0 Å². The van der Waals surface area contributed by atoms with Gasteiger partial charge in [-0.25, -0.2) is 9.97 Å². The molecule has 19 heavy (non-hydrogen) atoms. The zero-order valence-corrected chi connectivity index (χ0v) is 11.7. The van der Waals surface area contributed by atoms with Gasteiger partial charge < -0.3 is 5.32 Å². The molecule has 102 valence electrons. The van der Waals surface area contributed by atoms with Crippen molar-refractivity contribution >= 4 is 0 Å². The normalized spacial score (nSPS) is 39.7. The fourth-order valence-corrected chi connectivity index (χ4v) is 5.39. The van der Waals surface area contributed by atoms with Gasteiger partial charge in [-0.3, -0.25) is 0 Å². The van der Waals surface area contributed by atoms with Gasteiger partial charge in [0, 0.05) is 12.0 Å². The van der Waals surface area contributed by atoms with Crippen LogP contribution in [0.1, 0.15) is 49.9 Å². The Morgan fingerprint density at radius 3 is 2.32 bits per heavy atom. The van der Waals surface area contributed by atoms with Crippen LogP contribution in [0.3, 0.4) is 0 Å². The predicted molar refractivity (Wildman–Crippen MR) is 74.6 cm³/mol. The maximum absolute atomic E-state index is 4.67. The van der Waals surface area contributed by atoms with Crippen LogP contribution in [-0.4, -0.2) is 17.0 Å².